The first-order valence-electron chi connectivity index (χ1n) is 6.57. The average Bonchev–Trinajstić information content (AvgIpc) is 2.39. The average molecular weight is 326 g/mol. The van der Waals surface area contributed by atoms with Crippen LogP contribution in [-0.4, -0.2) is 25.5 Å². The minimum absolute atomic E-state index is 0.390. The van der Waals surface area contributed by atoms with Gasteiger partial charge in [-0.15, -0.1) is 0 Å². The third kappa shape index (κ3) is 3.09. The SMILES string of the molecule is CC1CCN(c2ccc(Br)cc2C(N)=O)CC1CN. The molecule has 0 saturated carbocycles. The summed E-state index contributed by atoms with van der Waals surface area (Å²) in [4.78, 5) is 13.8. The number of rotatable bonds is 3. The number of hydrogen-bond acceptors (Lipinski definition) is 3. The summed E-state index contributed by atoms with van der Waals surface area (Å²) in [6.07, 6.45) is 1.09. The maximum atomic E-state index is 11.6. The summed E-state index contributed by atoms with van der Waals surface area (Å²) in [5.74, 6) is 0.714. The van der Waals surface area contributed by atoms with Gasteiger partial charge in [-0.25, -0.2) is 0 Å². The summed E-state index contributed by atoms with van der Waals surface area (Å²) in [5.41, 5.74) is 12.8. The molecule has 5 heteroatoms. The Morgan fingerprint density at radius 1 is 1.53 bits per heavy atom. The molecule has 0 bridgehead atoms. The molecule has 0 radical (unpaired) electrons. The van der Waals surface area contributed by atoms with Gasteiger partial charge in [-0.05, 0) is 43.0 Å². The van der Waals surface area contributed by atoms with E-state index in [-0.39, 0.29) is 5.91 Å². The minimum Gasteiger partial charge on any atom is -0.371 e. The van der Waals surface area contributed by atoms with Gasteiger partial charge in [0, 0.05) is 23.2 Å². The van der Waals surface area contributed by atoms with Crippen LogP contribution in [0.5, 0.6) is 0 Å². The van der Waals surface area contributed by atoms with Gasteiger partial charge in [-0.1, -0.05) is 22.9 Å². The van der Waals surface area contributed by atoms with E-state index >= 15 is 0 Å². The zero-order chi connectivity index (χ0) is 14.0. The quantitative estimate of drug-likeness (QED) is 0.892. The third-order valence-corrected chi connectivity index (χ3v) is 4.47. The van der Waals surface area contributed by atoms with E-state index in [0.29, 0.717) is 23.9 Å². The molecular formula is C14H20BrN3O. The fraction of sp³-hybridized carbons (Fsp3) is 0.500. The van der Waals surface area contributed by atoms with Gasteiger partial charge in [0.2, 0.25) is 0 Å². The first-order valence-corrected chi connectivity index (χ1v) is 7.36. The number of nitrogens with two attached hydrogens (primary N) is 2. The van der Waals surface area contributed by atoms with Crippen molar-refractivity contribution in [2.24, 2.45) is 23.3 Å². The molecule has 104 valence electrons. The standard InChI is InChI=1S/C14H20BrN3O/c1-9-4-5-18(8-10(9)7-16)13-3-2-11(15)6-12(13)14(17)19/h2-3,6,9-10H,4-5,7-8,16H2,1H3,(H2,17,19). The van der Waals surface area contributed by atoms with Crippen molar-refractivity contribution in [3.63, 3.8) is 0 Å². The zero-order valence-electron chi connectivity index (χ0n) is 11.1. The molecule has 2 unspecified atom stereocenters. The largest absolute Gasteiger partial charge is 0.371 e. The number of primary amides is 1. The maximum Gasteiger partial charge on any atom is 0.250 e. The number of anilines is 1. The molecule has 0 aromatic heterocycles. The van der Waals surface area contributed by atoms with Crippen LogP contribution in [0.1, 0.15) is 23.7 Å². The van der Waals surface area contributed by atoms with E-state index in [1.165, 1.54) is 0 Å². The Morgan fingerprint density at radius 3 is 2.89 bits per heavy atom. The number of carbonyl (C=O) groups is 1. The molecule has 1 amide bonds. The van der Waals surface area contributed by atoms with Gasteiger partial charge in [-0.2, -0.15) is 0 Å². The molecule has 1 aromatic carbocycles. The molecule has 4 N–H and O–H groups in total. The molecule has 2 atom stereocenters. The van der Waals surface area contributed by atoms with Gasteiger partial charge in [0.25, 0.3) is 5.91 Å². The molecule has 1 fully saturated rings. The molecule has 0 spiro atoms. The monoisotopic (exact) mass is 325 g/mol. The van der Waals surface area contributed by atoms with Crippen molar-refractivity contribution >= 4 is 27.5 Å². The lowest BCUT2D eigenvalue weighted by atomic mass is 9.86. The highest BCUT2D eigenvalue weighted by Crippen LogP contribution is 2.30. The second kappa shape index (κ2) is 5.92. The van der Waals surface area contributed by atoms with Crippen molar-refractivity contribution in [1.82, 2.24) is 0 Å². The Morgan fingerprint density at radius 2 is 2.26 bits per heavy atom. The molecule has 1 aliphatic rings. The minimum atomic E-state index is -0.390. The molecule has 1 aromatic rings. The van der Waals surface area contributed by atoms with Crippen LogP contribution in [0.15, 0.2) is 22.7 Å². The molecule has 0 aliphatic carbocycles. The van der Waals surface area contributed by atoms with E-state index in [9.17, 15) is 4.79 Å². The van der Waals surface area contributed by atoms with E-state index in [2.05, 4.69) is 27.8 Å². The molecule has 1 saturated heterocycles. The van der Waals surface area contributed by atoms with Crippen LogP contribution in [0, 0.1) is 11.8 Å². The van der Waals surface area contributed by atoms with E-state index in [1.54, 1.807) is 6.07 Å². The number of benzene rings is 1. The molecule has 1 aliphatic heterocycles. The smallest absolute Gasteiger partial charge is 0.250 e. The van der Waals surface area contributed by atoms with Gasteiger partial charge < -0.3 is 16.4 Å². The summed E-state index contributed by atoms with van der Waals surface area (Å²) in [5, 5.41) is 0. The maximum absolute atomic E-state index is 11.6. The van der Waals surface area contributed by atoms with Crippen molar-refractivity contribution in [2.75, 3.05) is 24.5 Å². The van der Waals surface area contributed by atoms with Crippen LogP contribution in [0.2, 0.25) is 0 Å². The lowest BCUT2D eigenvalue weighted by Gasteiger charge is -2.38. The van der Waals surface area contributed by atoms with Crippen LogP contribution in [0.25, 0.3) is 0 Å². The fourth-order valence-electron chi connectivity index (χ4n) is 2.66. The Labute approximate surface area is 122 Å². The van der Waals surface area contributed by atoms with Crippen LogP contribution >= 0.6 is 15.9 Å². The summed E-state index contributed by atoms with van der Waals surface area (Å²) < 4.78 is 0.866. The van der Waals surface area contributed by atoms with Crippen molar-refractivity contribution in [3.05, 3.63) is 28.2 Å². The number of piperidine rings is 1. The zero-order valence-corrected chi connectivity index (χ0v) is 12.7. The molecular weight excluding hydrogens is 306 g/mol. The molecule has 2 rings (SSSR count). The van der Waals surface area contributed by atoms with Crippen LogP contribution in [-0.2, 0) is 0 Å². The van der Waals surface area contributed by atoms with Gasteiger partial charge in [0.1, 0.15) is 0 Å². The van der Waals surface area contributed by atoms with Gasteiger partial charge in [0.15, 0.2) is 0 Å². The normalized spacial score (nSPS) is 23.4. The summed E-state index contributed by atoms with van der Waals surface area (Å²) in [6, 6.07) is 5.68. The van der Waals surface area contributed by atoms with E-state index in [4.69, 9.17) is 11.5 Å². The Hall–Kier alpha value is -1.07. The van der Waals surface area contributed by atoms with Gasteiger partial charge in [0.05, 0.1) is 5.56 Å². The second-order valence-electron chi connectivity index (χ2n) is 5.23. The second-order valence-corrected chi connectivity index (χ2v) is 6.15. The first-order chi connectivity index (χ1) is 9.02. The number of halogens is 1. The summed E-state index contributed by atoms with van der Waals surface area (Å²) >= 11 is 3.38. The van der Waals surface area contributed by atoms with Crippen molar-refractivity contribution in [2.45, 2.75) is 13.3 Å². The van der Waals surface area contributed by atoms with Crippen molar-refractivity contribution in [1.29, 1.82) is 0 Å². The predicted molar refractivity (Wildman–Crippen MR) is 81.2 cm³/mol. The fourth-order valence-corrected chi connectivity index (χ4v) is 3.02. The molecule has 4 nitrogen and oxygen atoms in total. The van der Waals surface area contributed by atoms with Crippen LogP contribution in [0.4, 0.5) is 5.69 Å². The predicted octanol–water partition coefficient (Wildman–Crippen LogP) is 1.97. The molecule has 19 heavy (non-hydrogen) atoms. The third-order valence-electron chi connectivity index (χ3n) is 3.98. The van der Waals surface area contributed by atoms with Gasteiger partial charge >= 0.3 is 0 Å². The van der Waals surface area contributed by atoms with Crippen molar-refractivity contribution in [3.8, 4) is 0 Å². The first kappa shape index (κ1) is 14.3. The lowest BCUT2D eigenvalue weighted by Crippen LogP contribution is -2.43. The summed E-state index contributed by atoms with van der Waals surface area (Å²) in [6.45, 7) is 4.75. The summed E-state index contributed by atoms with van der Waals surface area (Å²) in [7, 11) is 0. The van der Waals surface area contributed by atoms with E-state index in [1.807, 2.05) is 12.1 Å². The van der Waals surface area contributed by atoms with E-state index in [0.717, 1.165) is 29.7 Å². The highest BCUT2D eigenvalue weighted by molar-refractivity contribution is 9.10. The van der Waals surface area contributed by atoms with Crippen LogP contribution in [0.3, 0.4) is 0 Å². The van der Waals surface area contributed by atoms with Crippen molar-refractivity contribution < 1.29 is 4.79 Å². The Bertz CT molecular complexity index is 478. The number of hydrogen-bond donors (Lipinski definition) is 2. The van der Waals surface area contributed by atoms with Crippen LogP contribution < -0.4 is 16.4 Å². The van der Waals surface area contributed by atoms with E-state index < -0.39 is 0 Å². The number of nitrogens with zero attached hydrogens (tertiary/aromatic N) is 1. The number of amides is 1. The highest BCUT2D eigenvalue weighted by atomic mass is 79.9. The Balaban J connectivity index is 2.29. The highest BCUT2D eigenvalue weighted by Gasteiger charge is 2.27. The topological polar surface area (TPSA) is 72.3 Å². The lowest BCUT2D eigenvalue weighted by molar-refractivity contribution is 0.100. The molecule has 1 heterocycles. The number of carbonyl (C=O) groups excluding carboxylic acids is 1. The Kier molecular flexibility index (Phi) is 4.47. The van der Waals surface area contributed by atoms with Gasteiger partial charge in [-0.3, -0.25) is 4.79 Å².